The van der Waals surface area contributed by atoms with Gasteiger partial charge in [0.2, 0.25) is 0 Å². The van der Waals surface area contributed by atoms with Crippen molar-refractivity contribution in [2.24, 2.45) is 5.92 Å². The van der Waals surface area contributed by atoms with Crippen molar-refractivity contribution in [2.45, 2.75) is 45.1 Å². The van der Waals surface area contributed by atoms with E-state index in [1.165, 1.54) is 37.7 Å². The topological polar surface area (TPSA) is 9.23 Å². The molecule has 0 amide bonds. The smallest absolute Gasteiger partial charge is 0.0978 e. The Morgan fingerprint density at radius 3 is 2.47 bits per heavy atom. The first-order valence-corrected chi connectivity index (χ1v) is 6.75. The van der Waals surface area contributed by atoms with E-state index in [4.69, 9.17) is 4.74 Å². The molecule has 0 heterocycles. The number of hydrogen-bond donors (Lipinski definition) is 0. The molecule has 0 spiro atoms. The van der Waals surface area contributed by atoms with Gasteiger partial charge in [0.15, 0.2) is 0 Å². The number of ether oxygens (including phenoxy) is 1. The molecule has 0 N–H and O–H groups in total. The molecule has 17 heavy (non-hydrogen) atoms. The minimum atomic E-state index is 0.442. The van der Waals surface area contributed by atoms with Crippen LogP contribution in [0, 0.1) is 5.92 Å². The summed E-state index contributed by atoms with van der Waals surface area (Å²) in [6.45, 7) is 2.29. The zero-order valence-electron chi connectivity index (χ0n) is 10.6. The van der Waals surface area contributed by atoms with Gasteiger partial charge in [-0.1, -0.05) is 43.7 Å². The summed E-state index contributed by atoms with van der Waals surface area (Å²) in [5, 5.41) is 0. The van der Waals surface area contributed by atoms with E-state index in [1.807, 2.05) is 30.5 Å². The zero-order chi connectivity index (χ0) is 11.9. The molecule has 0 bridgehead atoms. The molecule has 1 aromatic rings. The van der Waals surface area contributed by atoms with Gasteiger partial charge in [0.1, 0.15) is 0 Å². The van der Waals surface area contributed by atoms with E-state index >= 15 is 0 Å². The third-order valence-electron chi connectivity index (χ3n) is 3.70. The second-order valence-electron chi connectivity index (χ2n) is 4.90. The van der Waals surface area contributed by atoms with Crippen LogP contribution in [0.3, 0.4) is 0 Å². The Kier molecular flexibility index (Phi) is 4.66. The monoisotopic (exact) mass is 230 g/mol. The molecule has 1 heteroatoms. The Balaban J connectivity index is 1.74. The molecule has 1 nitrogen and oxygen atoms in total. The van der Waals surface area contributed by atoms with E-state index in [2.05, 4.69) is 19.1 Å². The summed E-state index contributed by atoms with van der Waals surface area (Å²) >= 11 is 0. The molecule has 1 aliphatic carbocycles. The first-order chi connectivity index (χ1) is 8.38. The molecule has 1 aromatic carbocycles. The lowest BCUT2D eigenvalue weighted by Gasteiger charge is -2.27. The fraction of sp³-hybridized carbons (Fsp3) is 0.500. The lowest BCUT2D eigenvalue weighted by atomic mass is 9.86. The molecule has 1 saturated carbocycles. The van der Waals surface area contributed by atoms with Crippen LogP contribution in [-0.4, -0.2) is 6.10 Å². The van der Waals surface area contributed by atoms with E-state index < -0.39 is 0 Å². The van der Waals surface area contributed by atoms with E-state index in [-0.39, 0.29) is 0 Å². The fourth-order valence-electron chi connectivity index (χ4n) is 2.47. The summed E-state index contributed by atoms with van der Waals surface area (Å²) in [5.74, 6) is 0.938. The molecular weight excluding hydrogens is 208 g/mol. The normalized spacial score (nSPS) is 25.0. The van der Waals surface area contributed by atoms with Gasteiger partial charge in [-0.15, -0.1) is 0 Å². The van der Waals surface area contributed by atoms with Gasteiger partial charge in [0.05, 0.1) is 12.4 Å². The predicted molar refractivity (Wildman–Crippen MR) is 72.6 cm³/mol. The zero-order valence-corrected chi connectivity index (χ0v) is 10.6. The number of rotatable bonds is 4. The molecule has 0 saturated heterocycles. The molecule has 0 aromatic heterocycles. The Morgan fingerprint density at radius 1 is 1.12 bits per heavy atom. The van der Waals surface area contributed by atoms with Crippen molar-refractivity contribution in [1.29, 1.82) is 0 Å². The summed E-state index contributed by atoms with van der Waals surface area (Å²) in [6.07, 6.45) is 10.8. The maximum atomic E-state index is 5.80. The molecular formula is C16H22O. The Morgan fingerprint density at radius 2 is 1.82 bits per heavy atom. The summed E-state index contributed by atoms with van der Waals surface area (Å²) in [7, 11) is 0. The molecule has 0 aliphatic heterocycles. The average molecular weight is 230 g/mol. The van der Waals surface area contributed by atoms with Gasteiger partial charge in [0.25, 0.3) is 0 Å². The summed E-state index contributed by atoms with van der Waals surface area (Å²) in [4.78, 5) is 0. The minimum Gasteiger partial charge on any atom is -0.498 e. The van der Waals surface area contributed by atoms with E-state index in [0.717, 1.165) is 5.92 Å². The van der Waals surface area contributed by atoms with Crippen LogP contribution in [0.4, 0.5) is 0 Å². The third-order valence-corrected chi connectivity index (χ3v) is 3.70. The van der Waals surface area contributed by atoms with Crippen LogP contribution in [0.5, 0.6) is 0 Å². The quantitative estimate of drug-likeness (QED) is 0.684. The van der Waals surface area contributed by atoms with Crippen molar-refractivity contribution >= 4 is 6.08 Å². The van der Waals surface area contributed by atoms with Gasteiger partial charge in [-0.25, -0.2) is 0 Å². The van der Waals surface area contributed by atoms with Crippen molar-refractivity contribution in [1.82, 2.24) is 0 Å². The van der Waals surface area contributed by atoms with Gasteiger partial charge >= 0.3 is 0 Å². The van der Waals surface area contributed by atoms with E-state index in [9.17, 15) is 0 Å². The van der Waals surface area contributed by atoms with Crippen molar-refractivity contribution in [2.75, 3.05) is 0 Å². The van der Waals surface area contributed by atoms with Crippen LogP contribution in [0.2, 0.25) is 0 Å². The van der Waals surface area contributed by atoms with Gasteiger partial charge in [-0.3, -0.25) is 0 Å². The fourth-order valence-corrected chi connectivity index (χ4v) is 2.47. The van der Waals surface area contributed by atoms with Crippen LogP contribution in [0.15, 0.2) is 36.6 Å². The lowest BCUT2D eigenvalue weighted by molar-refractivity contribution is 0.0888. The van der Waals surface area contributed by atoms with Crippen LogP contribution >= 0.6 is 0 Å². The van der Waals surface area contributed by atoms with E-state index in [1.54, 1.807) is 0 Å². The predicted octanol–water partition coefficient (Wildman–Crippen LogP) is 4.64. The Bertz CT molecular complexity index is 334. The molecule has 0 atom stereocenters. The number of hydrogen-bond acceptors (Lipinski definition) is 1. The van der Waals surface area contributed by atoms with Crippen LogP contribution in [0.25, 0.3) is 6.08 Å². The van der Waals surface area contributed by atoms with Crippen molar-refractivity contribution in [3.63, 3.8) is 0 Å². The molecule has 2 rings (SSSR count). The maximum absolute atomic E-state index is 5.80. The number of benzene rings is 1. The first kappa shape index (κ1) is 12.2. The van der Waals surface area contributed by atoms with Gasteiger partial charge in [0, 0.05) is 0 Å². The molecule has 0 radical (unpaired) electrons. The highest BCUT2D eigenvalue weighted by atomic mass is 16.5. The van der Waals surface area contributed by atoms with Crippen LogP contribution < -0.4 is 0 Å². The second kappa shape index (κ2) is 6.48. The molecule has 1 fully saturated rings. The summed E-state index contributed by atoms with van der Waals surface area (Å²) in [6, 6.07) is 10.3. The molecule has 92 valence electrons. The summed E-state index contributed by atoms with van der Waals surface area (Å²) in [5.41, 5.74) is 1.20. The lowest BCUT2D eigenvalue weighted by Crippen LogP contribution is -2.19. The van der Waals surface area contributed by atoms with Gasteiger partial charge in [-0.05, 0) is 43.2 Å². The highest BCUT2D eigenvalue weighted by molar-refractivity contribution is 5.47. The third kappa shape index (κ3) is 3.92. The molecule has 0 unspecified atom stereocenters. The van der Waals surface area contributed by atoms with Gasteiger partial charge < -0.3 is 4.74 Å². The van der Waals surface area contributed by atoms with E-state index in [0.29, 0.717) is 6.10 Å². The SMILES string of the molecule is CCC1CCC(OC=Cc2ccccc2)CC1. The largest absolute Gasteiger partial charge is 0.498 e. The van der Waals surface area contributed by atoms with Crippen LogP contribution in [-0.2, 0) is 4.74 Å². The minimum absolute atomic E-state index is 0.442. The first-order valence-electron chi connectivity index (χ1n) is 6.75. The Hall–Kier alpha value is -1.24. The standard InChI is InChI=1S/C16H22O/c1-2-14-8-10-16(11-9-14)17-13-12-15-6-4-3-5-7-15/h3-7,12-14,16H,2,8-11H2,1H3. The Labute approximate surface area is 104 Å². The highest BCUT2D eigenvalue weighted by Crippen LogP contribution is 2.28. The summed E-state index contributed by atoms with van der Waals surface area (Å²) < 4.78 is 5.80. The highest BCUT2D eigenvalue weighted by Gasteiger charge is 2.19. The maximum Gasteiger partial charge on any atom is 0.0978 e. The molecule has 1 aliphatic rings. The van der Waals surface area contributed by atoms with Crippen molar-refractivity contribution in [3.8, 4) is 0 Å². The van der Waals surface area contributed by atoms with Crippen molar-refractivity contribution < 1.29 is 4.74 Å². The van der Waals surface area contributed by atoms with Crippen molar-refractivity contribution in [3.05, 3.63) is 42.2 Å². The second-order valence-corrected chi connectivity index (χ2v) is 4.90. The average Bonchev–Trinajstić information content (AvgIpc) is 2.41. The van der Waals surface area contributed by atoms with Crippen LogP contribution in [0.1, 0.15) is 44.6 Å². The van der Waals surface area contributed by atoms with Gasteiger partial charge in [-0.2, -0.15) is 0 Å².